The topological polar surface area (TPSA) is 117 Å². The number of likely N-dealkylation sites (N-methyl/N-ethyl adjacent to an activating group) is 1. The lowest BCUT2D eigenvalue weighted by Gasteiger charge is -2.36. The molecule has 1 aromatic rings. The molecule has 0 saturated heterocycles. The van der Waals surface area contributed by atoms with Crippen molar-refractivity contribution >= 4 is 17.5 Å². The number of carboxylic acid groups (broad SMARTS) is 1. The van der Waals surface area contributed by atoms with E-state index in [2.05, 4.69) is 4.98 Å². The van der Waals surface area contributed by atoms with Crippen molar-refractivity contribution in [1.29, 1.82) is 0 Å². The average molecular weight is 295 g/mol. The monoisotopic (exact) mass is 295 g/mol. The number of aliphatic hydroxyl groups excluding tert-OH is 1. The van der Waals surface area contributed by atoms with E-state index in [1.165, 1.54) is 0 Å². The number of rotatable bonds is 4. The molecule has 21 heavy (non-hydrogen) atoms. The highest BCUT2D eigenvalue weighted by atomic mass is 16.6. The fourth-order valence-electron chi connectivity index (χ4n) is 2.69. The molecule has 1 aromatic heterocycles. The number of nitro groups is 1. The lowest BCUT2D eigenvalue weighted by Crippen LogP contribution is -2.44. The van der Waals surface area contributed by atoms with Gasteiger partial charge in [-0.1, -0.05) is 12.8 Å². The summed E-state index contributed by atoms with van der Waals surface area (Å²) in [4.78, 5) is 26.9. The average Bonchev–Trinajstić information content (AvgIpc) is 2.46. The number of aromatic nitrogens is 1. The van der Waals surface area contributed by atoms with Crippen molar-refractivity contribution in [3.8, 4) is 0 Å². The second-order valence-corrected chi connectivity index (χ2v) is 5.16. The van der Waals surface area contributed by atoms with Crippen LogP contribution in [0.5, 0.6) is 0 Å². The quantitative estimate of drug-likeness (QED) is 0.637. The maximum absolute atomic E-state index is 11.3. The molecule has 0 radical (unpaired) electrons. The number of anilines is 1. The molecule has 1 saturated carbocycles. The summed E-state index contributed by atoms with van der Waals surface area (Å²) in [6.45, 7) is 0. The normalized spacial score (nSPS) is 21.8. The SMILES string of the molecule is CN(c1ncc([N+](=O)[O-])cc1C(=O)O)C1CCCCC1O. The lowest BCUT2D eigenvalue weighted by atomic mass is 9.91. The van der Waals surface area contributed by atoms with E-state index in [-0.39, 0.29) is 23.1 Å². The van der Waals surface area contributed by atoms with E-state index in [1.54, 1.807) is 11.9 Å². The Hall–Kier alpha value is -2.22. The highest BCUT2D eigenvalue weighted by Crippen LogP contribution is 2.29. The van der Waals surface area contributed by atoms with Crippen molar-refractivity contribution in [3.05, 3.63) is 27.9 Å². The van der Waals surface area contributed by atoms with Gasteiger partial charge in [-0.3, -0.25) is 10.1 Å². The molecule has 0 amide bonds. The summed E-state index contributed by atoms with van der Waals surface area (Å²) in [6, 6.07) is 0.766. The zero-order valence-corrected chi connectivity index (χ0v) is 11.6. The van der Waals surface area contributed by atoms with Gasteiger partial charge in [-0.15, -0.1) is 0 Å². The summed E-state index contributed by atoms with van der Waals surface area (Å²) in [6.07, 6.45) is 3.75. The van der Waals surface area contributed by atoms with Crippen LogP contribution >= 0.6 is 0 Å². The van der Waals surface area contributed by atoms with Crippen LogP contribution < -0.4 is 4.90 Å². The summed E-state index contributed by atoms with van der Waals surface area (Å²) in [5, 5.41) is 30.0. The van der Waals surface area contributed by atoms with Crippen LogP contribution in [0.4, 0.5) is 11.5 Å². The van der Waals surface area contributed by atoms with Crippen LogP contribution in [0.3, 0.4) is 0 Å². The number of hydrogen-bond acceptors (Lipinski definition) is 6. The van der Waals surface area contributed by atoms with Crippen molar-refractivity contribution < 1.29 is 19.9 Å². The van der Waals surface area contributed by atoms with Crippen LogP contribution in [0, 0.1) is 10.1 Å². The number of aromatic carboxylic acids is 1. The number of carboxylic acids is 1. The van der Waals surface area contributed by atoms with Crippen LogP contribution in [0.15, 0.2) is 12.3 Å². The number of pyridine rings is 1. The van der Waals surface area contributed by atoms with Gasteiger partial charge in [0.2, 0.25) is 0 Å². The fraction of sp³-hybridized carbons (Fsp3) is 0.538. The molecule has 114 valence electrons. The van der Waals surface area contributed by atoms with Crippen LogP contribution in [0.1, 0.15) is 36.0 Å². The minimum atomic E-state index is -1.28. The molecule has 0 bridgehead atoms. The number of carbonyl (C=O) groups is 1. The Kier molecular flexibility index (Phi) is 4.37. The summed E-state index contributed by atoms with van der Waals surface area (Å²) < 4.78 is 0. The van der Waals surface area contributed by atoms with Gasteiger partial charge in [-0.25, -0.2) is 9.78 Å². The highest BCUT2D eigenvalue weighted by Gasteiger charge is 2.30. The molecule has 2 N–H and O–H groups in total. The molecule has 0 spiro atoms. The van der Waals surface area contributed by atoms with Gasteiger partial charge in [0.15, 0.2) is 0 Å². The minimum Gasteiger partial charge on any atom is -0.478 e. The van der Waals surface area contributed by atoms with Gasteiger partial charge in [0.05, 0.1) is 17.1 Å². The first-order valence-electron chi connectivity index (χ1n) is 6.70. The Morgan fingerprint density at radius 3 is 2.71 bits per heavy atom. The summed E-state index contributed by atoms with van der Waals surface area (Å²) >= 11 is 0. The van der Waals surface area contributed by atoms with Gasteiger partial charge in [0.1, 0.15) is 17.6 Å². The Bertz CT molecular complexity index is 563. The maximum Gasteiger partial charge on any atom is 0.339 e. The first-order chi connectivity index (χ1) is 9.91. The van der Waals surface area contributed by atoms with Crippen molar-refractivity contribution in [2.75, 3.05) is 11.9 Å². The molecule has 1 fully saturated rings. The maximum atomic E-state index is 11.3. The van der Waals surface area contributed by atoms with Crippen LogP contribution in [-0.4, -0.2) is 45.3 Å². The molecule has 2 rings (SSSR count). The first kappa shape index (κ1) is 15.2. The standard InChI is InChI=1S/C13H17N3O5/c1-15(10-4-2-3-5-11(10)17)12-9(13(18)19)6-8(7-14-12)16(20)21/h6-7,10-11,17H,2-5H2,1H3,(H,18,19). The molecule has 8 nitrogen and oxygen atoms in total. The molecule has 2 unspecified atom stereocenters. The van der Waals surface area contributed by atoms with Gasteiger partial charge in [0.25, 0.3) is 5.69 Å². The fourth-order valence-corrected chi connectivity index (χ4v) is 2.69. The van der Waals surface area contributed by atoms with E-state index in [9.17, 15) is 25.1 Å². The molecule has 1 heterocycles. The second-order valence-electron chi connectivity index (χ2n) is 5.16. The molecule has 1 aliphatic rings. The summed E-state index contributed by atoms with van der Waals surface area (Å²) in [5.41, 5.74) is -0.599. The third-order valence-electron chi connectivity index (χ3n) is 3.82. The van der Waals surface area contributed by atoms with Crippen LogP contribution in [-0.2, 0) is 0 Å². The van der Waals surface area contributed by atoms with E-state index >= 15 is 0 Å². The van der Waals surface area contributed by atoms with Gasteiger partial charge < -0.3 is 15.1 Å². The van der Waals surface area contributed by atoms with Crippen LogP contribution in [0.25, 0.3) is 0 Å². The minimum absolute atomic E-state index is 0.138. The Morgan fingerprint density at radius 2 is 2.14 bits per heavy atom. The second kappa shape index (κ2) is 6.04. The van der Waals surface area contributed by atoms with E-state index in [1.807, 2.05) is 0 Å². The Morgan fingerprint density at radius 1 is 1.48 bits per heavy atom. The predicted octanol–water partition coefficient (Wildman–Crippen LogP) is 1.43. The number of hydrogen-bond donors (Lipinski definition) is 2. The van der Waals surface area contributed by atoms with Gasteiger partial charge in [-0.2, -0.15) is 0 Å². The molecule has 0 aromatic carbocycles. The number of aliphatic hydroxyl groups is 1. The smallest absolute Gasteiger partial charge is 0.339 e. The molecular weight excluding hydrogens is 278 g/mol. The summed E-state index contributed by atoms with van der Waals surface area (Å²) in [5.74, 6) is -1.14. The van der Waals surface area contributed by atoms with Crippen molar-refractivity contribution in [2.24, 2.45) is 0 Å². The zero-order chi connectivity index (χ0) is 15.6. The third-order valence-corrected chi connectivity index (χ3v) is 3.82. The third kappa shape index (κ3) is 3.10. The number of nitrogens with zero attached hydrogens (tertiary/aromatic N) is 3. The largest absolute Gasteiger partial charge is 0.478 e. The van der Waals surface area contributed by atoms with E-state index in [0.29, 0.717) is 6.42 Å². The van der Waals surface area contributed by atoms with E-state index in [0.717, 1.165) is 31.5 Å². The van der Waals surface area contributed by atoms with Crippen molar-refractivity contribution in [3.63, 3.8) is 0 Å². The van der Waals surface area contributed by atoms with E-state index in [4.69, 9.17) is 0 Å². The van der Waals surface area contributed by atoms with Gasteiger partial charge in [0, 0.05) is 13.1 Å². The molecule has 2 atom stereocenters. The summed E-state index contributed by atoms with van der Waals surface area (Å²) in [7, 11) is 1.65. The van der Waals surface area contributed by atoms with E-state index < -0.39 is 17.0 Å². The molecular formula is C13H17N3O5. The highest BCUT2D eigenvalue weighted by molar-refractivity contribution is 5.94. The first-order valence-corrected chi connectivity index (χ1v) is 6.70. The Balaban J connectivity index is 2.37. The molecule has 0 aliphatic heterocycles. The predicted molar refractivity (Wildman–Crippen MR) is 74.5 cm³/mol. The Labute approximate surface area is 121 Å². The van der Waals surface area contributed by atoms with Crippen molar-refractivity contribution in [2.45, 2.75) is 37.8 Å². The van der Waals surface area contributed by atoms with Crippen molar-refractivity contribution in [1.82, 2.24) is 4.98 Å². The van der Waals surface area contributed by atoms with Crippen LogP contribution in [0.2, 0.25) is 0 Å². The molecule has 1 aliphatic carbocycles. The van der Waals surface area contributed by atoms with Gasteiger partial charge in [-0.05, 0) is 12.8 Å². The lowest BCUT2D eigenvalue weighted by molar-refractivity contribution is -0.385. The van der Waals surface area contributed by atoms with Gasteiger partial charge >= 0.3 is 5.97 Å². The zero-order valence-electron chi connectivity index (χ0n) is 11.6. The molecule has 8 heteroatoms.